The quantitative estimate of drug-likeness (QED) is 0.293. The van der Waals surface area contributed by atoms with Crippen LogP contribution in [0.4, 0.5) is 13.6 Å². The molecule has 1 atom stereocenters. The fourth-order valence-corrected chi connectivity index (χ4v) is 4.21. The number of aliphatic carboxylic acids is 1. The van der Waals surface area contributed by atoms with E-state index in [1.165, 1.54) is 4.90 Å². The summed E-state index contributed by atoms with van der Waals surface area (Å²) in [4.78, 5) is 25.4. The molecule has 10 heteroatoms. The summed E-state index contributed by atoms with van der Waals surface area (Å²) in [5.74, 6) is -0.858. The fourth-order valence-electron chi connectivity index (χ4n) is 3.16. The van der Waals surface area contributed by atoms with Crippen LogP contribution in [0.15, 0.2) is 42.5 Å². The molecule has 2 aromatic carbocycles. The first kappa shape index (κ1) is 29.4. The third-order valence-electron chi connectivity index (χ3n) is 5.11. The molecule has 36 heavy (non-hydrogen) atoms. The van der Waals surface area contributed by atoms with Crippen molar-refractivity contribution in [2.75, 3.05) is 37.8 Å². The molecule has 1 amide bonds. The second kappa shape index (κ2) is 16.0. The van der Waals surface area contributed by atoms with E-state index in [4.69, 9.17) is 14.2 Å². The Hall–Kier alpha value is -2.85. The molecule has 0 saturated heterocycles. The average molecular weight is 526 g/mol. The second-order valence-corrected chi connectivity index (χ2v) is 9.10. The van der Waals surface area contributed by atoms with E-state index in [9.17, 15) is 23.5 Å². The van der Waals surface area contributed by atoms with Gasteiger partial charge in [0.25, 0.3) is 0 Å². The van der Waals surface area contributed by atoms with Crippen molar-refractivity contribution in [3.8, 4) is 11.5 Å². The van der Waals surface area contributed by atoms with Crippen LogP contribution in [0.3, 0.4) is 0 Å². The first-order valence-corrected chi connectivity index (χ1v) is 13.0. The van der Waals surface area contributed by atoms with Crippen molar-refractivity contribution in [2.24, 2.45) is 0 Å². The van der Waals surface area contributed by atoms with E-state index in [1.54, 1.807) is 43.0 Å². The Balaban J connectivity index is 1.93. The third kappa shape index (κ3) is 10.4. The number of rotatable bonds is 16. The summed E-state index contributed by atoms with van der Waals surface area (Å²) in [5.41, 5.74) is 0.791. The minimum atomic E-state index is -1.02. The van der Waals surface area contributed by atoms with Gasteiger partial charge in [0, 0.05) is 31.4 Å². The third-order valence-corrected chi connectivity index (χ3v) is 6.16. The van der Waals surface area contributed by atoms with Gasteiger partial charge in [0.1, 0.15) is 18.2 Å². The Morgan fingerprint density at radius 3 is 2.44 bits per heavy atom. The van der Waals surface area contributed by atoms with Gasteiger partial charge in [-0.1, -0.05) is 25.5 Å². The first-order valence-electron chi connectivity index (χ1n) is 11.9. The van der Waals surface area contributed by atoms with Crippen LogP contribution >= 0.6 is 11.8 Å². The van der Waals surface area contributed by atoms with Gasteiger partial charge in [0.05, 0.1) is 6.54 Å². The van der Waals surface area contributed by atoms with E-state index in [2.05, 4.69) is 6.92 Å². The predicted molar refractivity (Wildman–Crippen MR) is 135 cm³/mol. The van der Waals surface area contributed by atoms with Crippen LogP contribution in [-0.2, 0) is 16.0 Å². The molecule has 0 aliphatic heterocycles. The van der Waals surface area contributed by atoms with E-state index in [1.807, 2.05) is 0 Å². The Morgan fingerprint density at radius 1 is 1.06 bits per heavy atom. The van der Waals surface area contributed by atoms with Crippen LogP contribution in [0, 0.1) is 11.6 Å². The minimum Gasteiger partial charge on any atom is -0.492 e. The van der Waals surface area contributed by atoms with E-state index in [0.717, 1.165) is 36.3 Å². The van der Waals surface area contributed by atoms with E-state index >= 15 is 0 Å². The van der Waals surface area contributed by atoms with E-state index in [-0.39, 0.29) is 25.3 Å². The highest BCUT2D eigenvalue weighted by molar-refractivity contribution is 7.99. The van der Waals surface area contributed by atoms with Crippen LogP contribution in [0.5, 0.6) is 11.5 Å². The number of nitrogens with zero attached hydrogens (tertiary/aromatic N) is 1. The summed E-state index contributed by atoms with van der Waals surface area (Å²) in [5, 5.41) is 9.23. The van der Waals surface area contributed by atoms with Gasteiger partial charge in [-0.05, 0) is 48.9 Å². The molecule has 0 aliphatic carbocycles. The normalized spacial score (nSPS) is 11.7. The monoisotopic (exact) mass is 525 g/mol. The summed E-state index contributed by atoms with van der Waals surface area (Å²) in [6, 6.07) is 9.73. The molecule has 0 saturated carbocycles. The van der Waals surface area contributed by atoms with Gasteiger partial charge in [-0.25, -0.2) is 18.4 Å². The van der Waals surface area contributed by atoms with Gasteiger partial charge in [0.2, 0.25) is 0 Å². The molecule has 1 N–H and O–H groups in total. The Bertz CT molecular complexity index is 960. The molecule has 0 aliphatic rings. The molecule has 0 aromatic heterocycles. The van der Waals surface area contributed by atoms with Crippen molar-refractivity contribution in [1.29, 1.82) is 0 Å². The zero-order valence-corrected chi connectivity index (χ0v) is 21.4. The largest absolute Gasteiger partial charge is 0.492 e. The van der Waals surface area contributed by atoms with Crippen LogP contribution in [0.1, 0.15) is 32.3 Å². The lowest BCUT2D eigenvalue weighted by atomic mass is 10.1. The molecule has 0 spiro atoms. The molecule has 0 heterocycles. The summed E-state index contributed by atoms with van der Waals surface area (Å²) in [6.45, 7) is 4.90. The number of carboxylic acids is 1. The Labute approximate surface area is 214 Å². The molecular weight excluding hydrogens is 492 g/mol. The number of hydrogen-bond donors (Lipinski definition) is 1. The standard InChI is InChI=1S/C26H33F2NO6S/c1-3-5-15-36-16-13-29(26(32)35-23-11-8-20(27)18-22(23)28)12-14-34-21-9-6-19(7-10-21)17-24(25(30)31)33-4-2/h6-11,18,24H,3-5,12-17H2,1-2H3,(H,30,31). The number of carbonyl (C=O) groups excluding carboxylic acids is 1. The lowest BCUT2D eigenvalue weighted by molar-refractivity contribution is -0.149. The van der Waals surface area contributed by atoms with Gasteiger partial charge in [-0.2, -0.15) is 11.8 Å². The Kier molecular flexibility index (Phi) is 13.1. The molecule has 0 bridgehead atoms. The molecule has 0 radical (unpaired) electrons. The van der Waals surface area contributed by atoms with Crippen LogP contribution < -0.4 is 9.47 Å². The highest BCUT2D eigenvalue weighted by Crippen LogP contribution is 2.19. The van der Waals surface area contributed by atoms with Gasteiger partial charge in [-0.15, -0.1) is 0 Å². The first-order chi connectivity index (χ1) is 17.3. The maximum atomic E-state index is 13.9. The fraction of sp³-hybridized carbons (Fsp3) is 0.462. The topological polar surface area (TPSA) is 85.3 Å². The van der Waals surface area contributed by atoms with Gasteiger partial charge in [0.15, 0.2) is 17.7 Å². The average Bonchev–Trinajstić information content (AvgIpc) is 2.85. The predicted octanol–water partition coefficient (Wildman–Crippen LogP) is 5.41. The highest BCUT2D eigenvalue weighted by Gasteiger charge is 2.19. The molecular formula is C26H33F2NO6S. The molecule has 198 valence electrons. The molecule has 7 nitrogen and oxygen atoms in total. The SMILES string of the molecule is CCCCSCCN(CCOc1ccc(CC(OCC)C(=O)O)cc1)C(=O)Oc1ccc(F)cc1F. The van der Waals surface area contributed by atoms with Crippen molar-refractivity contribution in [2.45, 2.75) is 39.2 Å². The number of amides is 1. The number of benzene rings is 2. The maximum Gasteiger partial charge on any atom is 0.415 e. The van der Waals surface area contributed by atoms with Crippen molar-refractivity contribution >= 4 is 23.8 Å². The summed E-state index contributed by atoms with van der Waals surface area (Å²) >= 11 is 1.71. The lowest BCUT2D eigenvalue weighted by Gasteiger charge is -2.22. The number of unbranched alkanes of at least 4 members (excludes halogenated alkanes) is 1. The number of halogens is 2. The van der Waals surface area contributed by atoms with E-state index in [0.29, 0.717) is 30.7 Å². The smallest absolute Gasteiger partial charge is 0.415 e. The van der Waals surface area contributed by atoms with E-state index < -0.39 is 29.8 Å². The number of thioether (sulfide) groups is 1. The molecule has 2 aromatic rings. The number of hydrogen-bond acceptors (Lipinski definition) is 6. The van der Waals surface area contributed by atoms with Crippen molar-refractivity contribution in [3.63, 3.8) is 0 Å². The van der Waals surface area contributed by atoms with Crippen molar-refractivity contribution < 1.29 is 37.7 Å². The van der Waals surface area contributed by atoms with Crippen LogP contribution in [0.25, 0.3) is 0 Å². The molecule has 1 unspecified atom stereocenters. The zero-order chi connectivity index (χ0) is 26.3. The summed E-state index contributed by atoms with van der Waals surface area (Å²) in [7, 11) is 0. The van der Waals surface area contributed by atoms with Crippen molar-refractivity contribution in [3.05, 3.63) is 59.7 Å². The van der Waals surface area contributed by atoms with Gasteiger partial charge in [-0.3, -0.25) is 0 Å². The number of ether oxygens (including phenoxy) is 3. The summed E-state index contributed by atoms with van der Waals surface area (Å²) in [6.07, 6.45) is 0.734. The summed E-state index contributed by atoms with van der Waals surface area (Å²) < 4.78 is 43.2. The van der Waals surface area contributed by atoms with Crippen LogP contribution in [-0.4, -0.2) is 66.0 Å². The Morgan fingerprint density at radius 2 is 1.81 bits per heavy atom. The van der Waals surface area contributed by atoms with Gasteiger partial charge >= 0.3 is 12.1 Å². The zero-order valence-electron chi connectivity index (χ0n) is 20.6. The molecule has 0 fully saturated rings. The van der Waals surface area contributed by atoms with Crippen LogP contribution in [0.2, 0.25) is 0 Å². The number of carbonyl (C=O) groups is 2. The highest BCUT2D eigenvalue weighted by atomic mass is 32.2. The minimum absolute atomic E-state index is 0.163. The second-order valence-electron chi connectivity index (χ2n) is 7.87. The molecule has 2 rings (SSSR count). The van der Waals surface area contributed by atoms with Gasteiger partial charge < -0.3 is 24.2 Å². The van der Waals surface area contributed by atoms with Crippen molar-refractivity contribution in [1.82, 2.24) is 4.90 Å². The number of carboxylic acid groups (broad SMARTS) is 1. The maximum absolute atomic E-state index is 13.9. The lowest BCUT2D eigenvalue weighted by Crippen LogP contribution is -2.38.